The molecule has 0 radical (unpaired) electrons. The summed E-state index contributed by atoms with van der Waals surface area (Å²) in [6.45, 7) is 3.67. The highest BCUT2D eigenvalue weighted by atomic mass is 16.5. The summed E-state index contributed by atoms with van der Waals surface area (Å²) in [5.41, 5.74) is 0.513. The second kappa shape index (κ2) is 6.67. The second-order valence-electron chi connectivity index (χ2n) is 4.85. The molecule has 1 aliphatic heterocycles. The molecule has 0 aromatic heterocycles. The molecule has 0 aliphatic carbocycles. The number of carbonyl (C=O) groups excluding carboxylic acids is 1. The van der Waals surface area contributed by atoms with Crippen molar-refractivity contribution >= 4 is 5.91 Å². The van der Waals surface area contributed by atoms with E-state index < -0.39 is 0 Å². The van der Waals surface area contributed by atoms with Crippen LogP contribution in [0.3, 0.4) is 0 Å². The maximum absolute atomic E-state index is 12.6. The van der Waals surface area contributed by atoms with Gasteiger partial charge in [-0.2, -0.15) is 0 Å². The molecule has 0 bridgehead atoms. The van der Waals surface area contributed by atoms with Crippen LogP contribution in [0.5, 0.6) is 17.2 Å². The summed E-state index contributed by atoms with van der Waals surface area (Å²) < 4.78 is 21.3. The van der Waals surface area contributed by atoms with E-state index in [4.69, 9.17) is 18.9 Å². The minimum atomic E-state index is -0.0654. The Morgan fingerprint density at radius 2 is 1.81 bits per heavy atom. The Kier molecular flexibility index (Phi) is 4.90. The van der Waals surface area contributed by atoms with Gasteiger partial charge in [0.15, 0.2) is 11.5 Å². The van der Waals surface area contributed by atoms with Crippen LogP contribution in [0.15, 0.2) is 12.1 Å². The minimum absolute atomic E-state index is 0.0461. The molecule has 0 N–H and O–H groups in total. The predicted molar refractivity (Wildman–Crippen MR) is 77.4 cm³/mol. The number of hydrogen-bond donors (Lipinski definition) is 0. The van der Waals surface area contributed by atoms with E-state index >= 15 is 0 Å². The van der Waals surface area contributed by atoms with E-state index in [9.17, 15) is 4.79 Å². The van der Waals surface area contributed by atoms with E-state index in [0.29, 0.717) is 42.5 Å². The number of amides is 1. The molecule has 1 aliphatic rings. The predicted octanol–water partition coefficient (Wildman–Crippen LogP) is 1.57. The third-order valence-electron chi connectivity index (χ3n) is 3.44. The first-order valence-electron chi connectivity index (χ1n) is 6.81. The lowest BCUT2D eigenvalue weighted by Gasteiger charge is -2.31. The number of rotatable bonds is 4. The van der Waals surface area contributed by atoms with Gasteiger partial charge >= 0.3 is 0 Å². The third kappa shape index (κ3) is 3.21. The highest BCUT2D eigenvalue weighted by Crippen LogP contribution is 2.38. The van der Waals surface area contributed by atoms with Gasteiger partial charge in [0.25, 0.3) is 5.91 Å². The Balaban J connectivity index is 2.32. The maximum Gasteiger partial charge on any atom is 0.254 e. The quantitative estimate of drug-likeness (QED) is 0.844. The molecule has 1 amide bonds. The number of carbonyl (C=O) groups is 1. The minimum Gasteiger partial charge on any atom is -0.493 e. The van der Waals surface area contributed by atoms with E-state index in [-0.39, 0.29) is 12.0 Å². The lowest BCUT2D eigenvalue weighted by atomic mass is 10.1. The number of hydrogen-bond acceptors (Lipinski definition) is 5. The highest BCUT2D eigenvalue weighted by molar-refractivity contribution is 5.95. The van der Waals surface area contributed by atoms with Crippen LogP contribution in [-0.2, 0) is 4.74 Å². The lowest BCUT2D eigenvalue weighted by Crippen LogP contribution is -2.44. The van der Waals surface area contributed by atoms with Crippen molar-refractivity contribution in [1.82, 2.24) is 4.90 Å². The van der Waals surface area contributed by atoms with Crippen molar-refractivity contribution in [2.24, 2.45) is 0 Å². The Morgan fingerprint density at radius 3 is 2.29 bits per heavy atom. The summed E-state index contributed by atoms with van der Waals surface area (Å²) in [7, 11) is 4.59. The zero-order chi connectivity index (χ0) is 15.4. The number of nitrogens with zero attached hydrogens (tertiary/aromatic N) is 1. The van der Waals surface area contributed by atoms with Gasteiger partial charge in [0.2, 0.25) is 5.75 Å². The molecule has 1 unspecified atom stereocenters. The van der Waals surface area contributed by atoms with Crippen LogP contribution in [0.1, 0.15) is 17.3 Å². The van der Waals surface area contributed by atoms with Gasteiger partial charge in [-0.1, -0.05) is 0 Å². The van der Waals surface area contributed by atoms with Crippen molar-refractivity contribution < 1.29 is 23.7 Å². The molecular weight excluding hydrogens is 274 g/mol. The molecule has 1 aromatic carbocycles. The molecule has 1 heterocycles. The van der Waals surface area contributed by atoms with Crippen molar-refractivity contribution in [3.8, 4) is 17.2 Å². The van der Waals surface area contributed by atoms with Crippen molar-refractivity contribution in [2.75, 3.05) is 41.0 Å². The summed E-state index contributed by atoms with van der Waals surface area (Å²) in [6.07, 6.45) is 0.0461. The van der Waals surface area contributed by atoms with Crippen LogP contribution in [-0.4, -0.2) is 57.9 Å². The van der Waals surface area contributed by atoms with Gasteiger partial charge in [-0.3, -0.25) is 4.79 Å². The molecule has 1 atom stereocenters. The normalized spacial score (nSPS) is 18.3. The molecule has 6 nitrogen and oxygen atoms in total. The van der Waals surface area contributed by atoms with Crippen LogP contribution in [0, 0.1) is 0 Å². The number of morpholine rings is 1. The molecule has 1 fully saturated rings. The van der Waals surface area contributed by atoms with E-state index in [1.807, 2.05) is 6.92 Å². The van der Waals surface area contributed by atoms with E-state index in [0.717, 1.165) is 0 Å². The Labute approximate surface area is 124 Å². The zero-order valence-electron chi connectivity index (χ0n) is 12.8. The average Bonchev–Trinajstić information content (AvgIpc) is 2.52. The molecule has 21 heavy (non-hydrogen) atoms. The molecule has 1 saturated heterocycles. The van der Waals surface area contributed by atoms with Gasteiger partial charge in [0.1, 0.15) is 0 Å². The van der Waals surface area contributed by atoms with Crippen LogP contribution < -0.4 is 14.2 Å². The fraction of sp³-hybridized carbons (Fsp3) is 0.533. The molecule has 6 heteroatoms. The van der Waals surface area contributed by atoms with Gasteiger partial charge in [0.05, 0.1) is 34.0 Å². The molecule has 2 rings (SSSR count). The fourth-order valence-electron chi connectivity index (χ4n) is 2.39. The van der Waals surface area contributed by atoms with E-state index in [1.165, 1.54) is 21.3 Å². The molecule has 116 valence electrons. The third-order valence-corrected chi connectivity index (χ3v) is 3.44. The van der Waals surface area contributed by atoms with E-state index in [2.05, 4.69) is 0 Å². The number of methoxy groups -OCH3 is 3. The molecule has 0 spiro atoms. The number of benzene rings is 1. The fourth-order valence-corrected chi connectivity index (χ4v) is 2.39. The van der Waals surface area contributed by atoms with Gasteiger partial charge in [0, 0.05) is 18.7 Å². The maximum atomic E-state index is 12.6. The summed E-state index contributed by atoms with van der Waals surface area (Å²) in [5, 5.41) is 0. The van der Waals surface area contributed by atoms with Crippen LogP contribution >= 0.6 is 0 Å². The smallest absolute Gasteiger partial charge is 0.254 e. The standard InChI is InChI=1S/C15H21NO5/c1-10-9-16(5-6-21-10)15(17)11-7-12(18-2)14(20-4)13(8-11)19-3/h7-8,10H,5-6,9H2,1-4H3. The summed E-state index contributed by atoms with van der Waals surface area (Å²) in [5.74, 6) is 1.36. The molecule has 1 aromatic rings. The summed E-state index contributed by atoms with van der Waals surface area (Å²) in [6, 6.07) is 3.34. The average molecular weight is 295 g/mol. The van der Waals surface area contributed by atoms with Gasteiger partial charge < -0.3 is 23.8 Å². The largest absolute Gasteiger partial charge is 0.493 e. The lowest BCUT2D eigenvalue weighted by molar-refractivity contribution is -0.0124. The van der Waals surface area contributed by atoms with E-state index in [1.54, 1.807) is 17.0 Å². The Hall–Kier alpha value is -1.95. The van der Waals surface area contributed by atoms with Crippen molar-refractivity contribution in [3.63, 3.8) is 0 Å². The zero-order valence-corrected chi connectivity index (χ0v) is 12.8. The topological polar surface area (TPSA) is 57.2 Å². The van der Waals surface area contributed by atoms with Crippen molar-refractivity contribution in [1.29, 1.82) is 0 Å². The monoisotopic (exact) mass is 295 g/mol. The summed E-state index contributed by atoms with van der Waals surface area (Å²) >= 11 is 0. The Bertz CT molecular complexity index is 492. The van der Waals surface area contributed by atoms with Crippen LogP contribution in [0.25, 0.3) is 0 Å². The molecular formula is C15H21NO5. The van der Waals surface area contributed by atoms with Crippen LogP contribution in [0.2, 0.25) is 0 Å². The van der Waals surface area contributed by atoms with Crippen LogP contribution in [0.4, 0.5) is 0 Å². The summed E-state index contributed by atoms with van der Waals surface area (Å²) in [4.78, 5) is 14.4. The first-order chi connectivity index (χ1) is 10.1. The molecule has 0 saturated carbocycles. The second-order valence-corrected chi connectivity index (χ2v) is 4.85. The van der Waals surface area contributed by atoms with Gasteiger partial charge in [-0.15, -0.1) is 0 Å². The SMILES string of the molecule is COc1cc(C(=O)N2CCOC(C)C2)cc(OC)c1OC. The highest BCUT2D eigenvalue weighted by Gasteiger charge is 2.25. The van der Waals surface area contributed by atoms with Gasteiger partial charge in [-0.05, 0) is 19.1 Å². The number of ether oxygens (including phenoxy) is 4. The van der Waals surface area contributed by atoms with Gasteiger partial charge in [-0.25, -0.2) is 0 Å². The Morgan fingerprint density at radius 1 is 1.19 bits per heavy atom. The van der Waals surface area contributed by atoms with Crippen molar-refractivity contribution in [3.05, 3.63) is 17.7 Å². The first-order valence-corrected chi connectivity index (χ1v) is 6.81. The first kappa shape index (κ1) is 15.4. The van der Waals surface area contributed by atoms with Crippen molar-refractivity contribution in [2.45, 2.75) is 13.0 Å².